The van der Waals surface area contributed by atoms with E-state index in [0.717, 1.165) is 25.7 Å². The first kappa shape index (κ1) is 17.8. The average molecular weight is 299 g/mol. The van der Waals surface area contributed by atoms with Crippen LogP contribution in [0, 0.1) is 5.41 Å². The average Bonchev–Trinajstić information content (AvgIpc) is 2.78. The Morgan fingerprint density at radius 2 is 1.90 bits per heavy atom. The molecule has 1 aliphatic rings. The Morgan fingerprint density at radius 3 is 2.43 bits per heavy atom. The molecule has 1 saturated heterocycles. The summed E-state index contributed by atoms with van der Waals surface area (Å²) in [5.74, 6) is -0.787. The number of hydrogen-bond acceptors (Lipinski definition) is 3. The van der Waals surface area contributed by atoms with Gasteiger partial charge >= 0.3 is 12.1 Å². The number of carboxylic acid groups (broad SMARTS) is 1. The third-order valence-corrected chi connectivity index (χ3v) is 3.97. The fourth-order valence-corrected chi connectivity index (χ4v) is 2.73. The number of likely N-dealkylation sites (tertiary alicyclic amines) is 1. The van der Waals surface area contributed by atoms with E-state index >= 15 is 0 Å². The summed E-state index contributed by atoms with van der Waals surface area (Å²) < 4.78 is 5.33. The number of unbranched alkanes of at least 4 members (excludes halogenated alkanes) is 3. The Morgan fingerprint density at radius 1 is 1.24 bits per heavy atom. The van der Waals surface area contributed by atoms with E-state index in [0.29, 0.717) is 19.4 Å². The predicted octanol–water partition coefficient (Wildman–Crippen LogP) is 3.67. The quantitative estimate of drug-likeness (QED) is 0.760. The molecule has 0 saturated carbocycles. The topological polar surface area (TPSA) is 66.8 Å². The van der Waals surface area contributed by atoms with E-state index < -0.39 is 23.1 Å². The lowest BCUT2D eigenvalue weighted by Gasteiger charge is -2.27. The molecule has 5 heteroatoms. The number of ether oxygens (including phenoxy) is 1. The van der Waals surface area contributed by atoms with E-state index in [9.17, 15) is 14.7 Å². The lowest BCUT2D eigenvalue weighted by molar-refractivity contribution is -0.148. The first-order valence-electron chi connectivity index (χ1n) is 7.91. The van der Waals surface area contributed by atoms with Crippen LogP contribution in [0.2, 0.25) is 0 Å². The summed E-state index contributed by atoms with van der Waals surface area (Å²) in [6.07, 6.45) is 4.98. The fourth-order valence-electron chi connectivity index (χ4n) is 2.73. The fraction of sp³-hybridized carbons (Fsp3) is 0.875. The molecule has 0 radical (unpaired) electrons. The monoisotopic (exact) mass is 299 g/mol. The molecule has 122 valence electrons. The lowest BCUT2D eigenvalue weighted by Crippen LogP contribution is -2.39. The SMILES string of the molecule is CCCCCCC1(C(=O)O)CCN(C(=O)OC(C)(C)C)C1. The molecule has 1 N–H and O–H groups in total. The van der Waals surface area contributed by atoms with E-state index in [1.807, 2.05) is 20.8 Å². The number of carbonyl (C=O) groups is 2. The van der Waals surface area contributed by atoms with E-state index in [4.69, 9.17) is 4.74 Å². The smallest absolute Gasteiger partial charge is 0.410 e. The molecule has 0 aromatic carbocycles. The van der Waals surface area contributed by atoms with Gasteiger partial charge in [-0.15, -0.1) is 0 Å². The van der Waals surface area contributed by atoms with Crippen LogP contribution < -0.4 is 0 Å². The van der Waals surface area contributed by atoms with E-state index in [1.54, 1.807) is 4.90 Å². The van der Waals surface area contributed by atoms with Gasteiger partial charge in [-0.05, 0) is 33.6 Å². The van der Waals surface area contributed by atoms with Crippen LogP contribution in [0.1, 0.15) is 66.2 Å². The Balaban J connectivity index is 2.60. The van der Waals surface area contributed by atoms with Crippen LogP contribution in [0.3, 0.4) is 0 Å². The van der Waals surface area contributed by atoms with Crippen LogP contribution >= 0.6 is 0 Å². The van der Waals surface area contributed by atoms with E-state index in [1.165, 1.54) is 0 Å². The molecule has 0 bridgehead atoms. The van der Waals surface area contributed by atoms with Crippen LogP contribution in [-0.2, 0) is 9.53 Å². The first-order valence-corrected chi connectivity index (χ1v) is 7.91. The van der Waals surface area contributed by atoms with Crippen molar-refractivity contribution in [2.45, 2.75) is 71.8 Å². The van der Waals surface area contributed by atoms with Crippen LogP contribution in [0.15, 0.2) is 0 Å². The van der Waals surface area contributed by atoms with Crippen molar-refractivity contribution in [1.82, 2.24) is 4.90 Å². The van der Waals surface area contributed by atoms with Crippen molar-refractivity contribution in [2.24, 2.45) is 5.41 Å². The summed E-state index contributed by atoms with van der Waals surface area (Å²) in [6, 6.07) is 0. The first-order chi connectivity index (χ1) is 9.70. The standard InChI is InChI=1S/C16H29NO4/c1-5-6-7-8-9-16(13(18)19)10-11-17(12-16)14(20)21-15(2,3)4/h5-12H2,1-4H3,(H,18,19). The van der Waals surface area contributed by atoms with Gasteiger partial charge in [0, 0.05) is 13.1 Å². The highest BCUT2D eigenvalue weighted by molar-refractivity contribution is 5.78. The zero-order valence-corrected chi connectivity index (χ0v) is 13.8. The van der Waals surface area contributed by atoms with Crippen molar-refractivity contribution in [3.63, 3.8) is 0 Å². The molecule has 0 spiro atoms. The van der Waals surface area contributed by atoms with Crippen molar-refractivity contribution in [2.75, 3.05) is 13.1 Å². The Hall–Kier alpha value is -1.26. The van der Waals surface area contributed by atoms with E-state index in [2.05, 4.69) is 6.92 Å². The van der Waals surface area contributed by atoms with Gasteiger partial charge in [0.2, 0.25) is 0 Å². The van der Waals surface area contributed by atoms with Gasteiger partial charge in [0.05, 0.1) is 5.41 Å². The number of nitrogens with zero attached hydrogens (tertiary/aromatic N) is 1. The zero-order chi connectivity index (χ0) is 16.1. The zero-order valence-electron chi connectivity index (χ0n) is 13.8. The Kier molecular flexibility index (Phi) is 6.05. The van der Waals surface area contributed by atoms with Gasteiger partial charge in [-0.2, -0.15) is 0 Å². The number of carboxylic acids is 1. The predicted molar refractivity (Wildman–Crippen MR) is 81.3 cm³/mol. The van der Waals surface area contributed by atoms with Gasteiger partial charge in [0.25, 0.3) is 0 Å². The summed E-state index contributed by atoms with van der Waals surface area (Å²) in [4.78, 5) is 25.3. The molecule has 1 amide bonds. The molecule has 1 aliphatic heterocycles. The second-order valence-corrected chi connectivity index (χ2v) is 7.05. The molecule has 0 aliphatic carbocycles. The minimum atomic E-state index is -0.787. The molecule has 1 unspecified atom stereocenters. The molecule has 0 aromatic rings. The number of carbonyl (C=O) groups excluding carboxylic acids is 1. The van der Waals surface area contributed by atoms with Crippen molar-refractivity contribution < 1.29 is 19.4 Å². The molecular weight excluding hydrogens is 270 g/mol. The molecule has 21 heavy (non-hydrogen) atoms. The molecule has 1 atom stereocenters. The normalized spacial score (nSPS) is 22.4. The summed E-state index contributed by atoms with van der Waals surface area (Å²) in [6.45, 7) is 8.31. The Bertz CT molecular complexity index is 375. The molecule has 1 heterocycles. The lowest BCUT2D eigenvalue weighted by atomic mass is 9.82. The van der Waals surface area contributed by atoms with Crippen molar-refractivity contribution in [1.29, 1.82) is 0 Å². The van der Waals surface area contributed by atoms with Gasteiger partial charge in [0.1, 0.15) is 5.60 Å². The summed E-state index contributed by atoms with van der Waals surface area (Å²) in [5.41, 5.74) is -1.34. The van der Waals surface area contributed by atoms with Crippen LogP contribution in [0.5, 0.6) is 0 Å². The maximum atomic E-state index is 12.1. The van der Waals surface area contributed by atoms with Crippen molar-refractivity contribution in [3.05, 3.63) is 0 Å². The summed E-state index contributed by atoms with van der Waals surface area (Å²) >= 11 is 0. The van der Waals surface area contributed by atoms with Crippen LogP contribution in [-0.4, -0.2) is 40.8 Å². The molecule has 5 nitrogen and oxygen atoms in total. The minimum Gasteiger partial charge on any atom is -0.481 e. The number of aliphatic carboxylic acids is 1. The highest BCUT2D eigenvalue weighted by atomic mass is 16.6. The summed E-state index contributed by atoms with van der Waals surface area (Å²) in [5, 5.41) is 9.57. The largest absolute Gasteiger partial charge is 0.481 e. The van der Waals surface area contributed by atoms with Gasteiger partial charge < -0.3 is 14.7 Å². The molecular formula is C16H29NO4. The van der Waals surface area contributed by atoms with Crippen molar-refractivity contribution >= 4 is 12.1 Å². The number of rotatable bonds is 6. The second-order valence-electron chi connectivity index (χ2n) is 7.05. The maximum absolute atomic E-state index is 12.1. The third kappa shape index (κ3) is 5.21. The second kappa shape index (κ2) is 7.14. The molecule has 1 rings (SSSR count). The number of hydrogen-bond donors (Lipinski definition) is 1. The van der Waals surface area contributed by atoms with E-state index in [-0.39, 0.29) is 6.54 Å². The minimum absolute atomic E-state index is 0.267. The highest BCUT2D eigenvalue weighted by Crippen LogP contribution is 2.36. The van der Waals surface area contributed by atoms with Crippen molar-refractivity contribution in [3.8, 4) is 0 Å². The van der Waals surface area contributed by atoms with Gasteiger partial charge in [-0.25, -0.2) is 4.79 Å². The third-order valence-electron chi connectivity index (χ3n) is 3.97. The van der Waals surface area contributed by atoms with Gasteiger partial charge in [-0.1, -0.05) is 32.6 Å². The summed E-state index contributed by atoms with van der Waals surface area (Å²) in [7, 11) is 0. The number of amides is 1. The van der Waals surface area contributed by atoms with Gasteiger partial charge in [-0.3, -0.25) is 4.79 Å². The van der Waals surface area contributed by atoms with Gasteiger partial charge in [0.15, 0.2) is 0 Å². The maximum Gasteiger partial charge on any atom is 0.410 e. The van der Waals surface area contributed by atoms with Crippen LogP contribution in [0.25, 0.3) is 0 Å². The molecule has 0 aromatic heterocycles. The van der Waals surface area contributed by atoms with Crippen LogP contribution in [0.4, 0.5) is 4.79 Å². The Labute approximate surface area is 127 Å². The molecule has 1 fully saturated rings. The highest BCUT2D eigenvalue weighted by Gasteiger charge is 2.46.